The van der Waals surface area contributed by atoms with Gasteiger partial charge in [0.1, 0.15) is 17.3 Å². The van der Waals surface area contributed by atoms with Crippen LogP contribution in [-0.2, 0) is 4.79 Å². The number of aliphatic carboxylic acids is 1. The van der Waals surface area contributed by atoms with Gasteiger partial charge in [-0.3, -0.25) is 5.41 Å². The number of nitrogen functional groups attached to an aromatic ring is 1. The summed E-state index contributed by atoms with van der Waals surface area (Å²) in [5, 5.41) is 16.5. The molecule has 0 unspecified atom stereocenters. The Morgan fingerprint density at radius 1 is 1.27 bits per heavy atom. The normalized spacial score (nSPS) is 10.3. The molecule has 2 aromatic carbocycles. The van der Waals surface area contributed by atoms with E-state index in [4.69, 9.17) is 21.0 Å². The molecule has 0 saturated heterocycles. The van der Waals surface area contributed by atoms with E-state index in [1.165, 1.54) is 25.3 Å². The standard InChI is InChI=1S/C16H15FN2O3/c1-8-5-14(18)12(15(19)16(20)21)7-11(8)10-4-3-9(22-2)6-13(10)17/h3-7,19H,18H2,1-2H3,(H,20,21). The first kappa shape index (κ1) is 15.5. The van der Waals surface area contributed by atoms with E-state index in [-0.39, 0.29) is 16.8 Å². The van der Waals surface area contributed by atoms with Gasteiger partial charge in [-0.15, -0.1) is 0 Å². The molecule has 0 atom stereocenters. The van der Waals surface area contributed by atoms with Crippen LogP contribution in [0.15, 0.2) is 30.3 Å². The van der Waals surface area contributed by atoms with Crippen molar-refractivity contribution in [3.63, 3.8) is 0 Å². The summed E-state index contributed by atoms with van der Waals surface area (Å²) in [6.07, 6.45) is 0. The number of nitrogens with one attached hydrogen (secondary N) is 1. The predicted octanol–water partition coefficient (Wildman–Crippen LogP) is 2.84. The number of benzene rings is 2. The largest absolute Gasteiger partial charge is 0.497 e. The van der Waals surface area contributed by atoms with Gasteiger partial charge in [0.15, 0.2) is 0 Å². The summed E-state index contributed by atoms with van der Waals surface area (Å²) in [6.45, 7) is 1.74. The molecule has 5 nitrogen and oxygen atoms in total. The zero-order valence-corrected chi connectivity index (χ0v) is 12.1. The molecule has 0 spiro atoms. The third-order valence-electron chi connectivity index (χ3n) is 3.35. The van der Waals surface area contributed by atoms with Crippen LogP contribution in [-0.4, -0.2) is 23.9 Å². The van der Waals surface area contributed by atoms with Crippen molar-refractivity contribution in [2.75, 3.05) is 12.8 Å². The summed E-state index contributed by atoms with van der Waals surface area (Å²) in [6, 6.07) is 7.35. The molecule has 0 heterocycles. The lowest BCUT2D eigenvalue weighted by atomic mass is 9.94. The van der Waals surface area contributed by atoms with Gasteiger partial charge in [-0.05, 0) is 42.3 Å². The fourth-order valence-corrected chi connectivity index (χ4v) is 2.19. The first-order valence-electron chi connectivity index (χ1n) is 6.41. The number of aryl methyl sites for hydroxylation is 1. The second kappa shape index (κ2) is 5.85. The van der Waals surface area contributed by atoms with Crippen molar-refractivity contribution in [2.24, 2.45) is 0 Å². The van der Waals surface area contributed by atoms with Crippen LogP contribution < -0.4 is 10.5 Å². The molecule has 0 saturated carbocycles. The zero-order chi connectivity index (χ0) is 16.4. The van der Waals surface area contributed by atoms with Crippen LogP contribution in [0.2, 0.25) is 0 Å². The van der Waals surface area contributed by atoms with E-state index in [9.17, 15) is 9.18 Å². The molecular formula is C16H15FN2O3. The molecule has 0 fully saturated rings. The van der Waals surface area contributed by atoms with Crippen LogP contribution in [0.25, 0.3) is 11.1 Å². The van der Waals surface area contributed by atoms with Crippen molar-refractivity contribution in [2.45, 2.75) is 6.92 Å². The van der Waals surface area contributed by atoms with Crippen molar-refractivity contribution in [3.05, 3.63) is 47.3 Å². The number of carbonyl (C=O) groups is 1. The zero-order valence-electron chi connectivity index (χ0n) is 12.1. The van der Waals surface area contributed by atoms with Crippen molar-refractivity contribution in [1.29, 1.82) is 5.41 Å². The van der Waals surface area contributed by atoms with Crippen LogP contribution in [0.3, 0.4) is 0 Å². The molecule has 2 rings (SSSR count). The number of hydrogen-bond acceptors (Lipinski definition) is 4. The average Bonchev–Trinajstić information content (AvgIpc) is 2.47. The summed E-state index contributed by atoms with van der Waals surface area (Å²) >= 11 is 0. The highest BCUT2D eigenvalue weighted by Crippen LogP contribution is 2.31. The number of halogens is 1. The van der Waals surface area contributed by atoms with Crippen molar-refractivity contribution in [3.8, 4) is 16.9 Å². The Labute approximate surface area is 126 Å². The minimum Gasteiger partial charge on any atom is -0.497 e. The molecule has 2 aromatic rings. The van der Waals surface area contributed by atoms with Gasteiger partial charge >= 0.3 is 5.97 Å². The average molecular weight is 302 g/mol. The smallest absolute Gasteiger partial charge is 0.354 e. The Kier molecular flexibility index (Phi) is 4.12. The fourth-order valence-electron chi connectivity index (χ4n) is 2.19. The second-order valence-electron chi connectivity index (χ2n) is 4.78. The highest BCUT2D eigenvalue weighted by atomic mass is 19.1. The quantitative estimate of drug-likeness (QED) is 0.597. The predicted molar refractivity (Wildman–Crippen MR) is 82.0 cm³/mol. The van der Waals surface area contributed by atoms with Gasteiger partial charge in [0.2, 0.25) is 0 Å². The third kappa shape index (κ3) is 2.76. The lowest BCUT2D eigenvalue weighted by molar-refractivity contribution is -0.129. The molecule has 0 radical (unpaired) electrons. The van der Waals surface area contributed by atoms with Crippen LogP contribution in [0.1, 0.15) is 11.1 Å². The first-order valence-corrected chi connectivity index (χ1v) is 6.41. The molecule has 0 aliphatic carbocycles. The van der Waals surface area contributed by atoms with E-state index in [2.05, 4.69) is 0 Å². The molecule has 114 valence electrons. The number of rotatable bonds is 4. The van der Waals surface area contributed by atoms with Crippen molar-refractivity contribution in [1.82, 2.24) is 0 Å². The minimum absolute atomic E-state index is 0.0586. The summed E-state index contributed by atoms with van der Waals surface area (Å²) in [5.74, 6) is -1.51. The summed E-state index contributed by atoms with van der Waals surface area (Å²) < 4.78 is 19.2. The molecular weight excluding hydrogens is 287 g/mol. The van der Waals surface area contributed by atoms with Gasteiger partial charge in [0, 0.05) is 22.9 Å². The van der Waals surface area contributed by atoms with E-state index < -0.39 is 17.5 Å². The van der Waals surface area contributed by atoms with Crippen molar-refractivity contribution >= 4 is 17.4 Å². The van der Waals surface area contributed by atoms with E-state index in [0.717, 1.165) is 0 Å². The van der Waals surface area contributed by atoms with Gasteiger partial charge in [0.25, 0.3) is 0 Å². The molecule has 4 N–H and O–H groups in total. The number of carboxylic acids is 1. The minimum atomic E-state index is -1.39. The molecule has 0 aliphatic heterocycles. The second-order valence-corrected chi connectivity index (χ2v) is 4.78. The number of methoxy groups -OCH3 is 1. The number of nitrogens with two attached hydrogens (primary N) is 1. The van der Waals surface area contributed by atoms with Crippen LogP contribution >= 0.6 is 0 Å². The SMILES string of the molecule is COc1ccc(-c2cc(C(=N)C(=O)O)c(N)cc2C)c(F)c1. The fraction of sp³-hybridized carbons (Fsp3) is 0.125. The van der Waals surface area contributed by atoms with Gasteiger partial charge < -0.3 is 15.6 Å². The van der Waals surface area contributed by atoms with E-state index >= 15 is 0 Å². The van der Waals surface area contributed by atoms with E-state index in [1.54, 1.807) is 19.1 Å². The van der Waals surface area contributed by atoms with Crippen LogP contribution in [0.5, 0.6) is 5.75 Å². The van der Waals surface area contributed by atoms with Crippen LogP contribution in [0, 0.1) is 18.2 Å². The summed E-state index contributed by atoms with van der Waals surface area (Å²) in [7, 11) is 1.44. The molecule has 6 heteroatoms. The van der Waals surface area contributed by atoms with Crippen LogP contribution in [0.4, 0.5) is 10.1 Å². The van der Waals surface area contributed by atoms with E-state index in [1.807, 2.05) is 0 Å². The number of carboxylic acid groups (broad SMARTS) is 1. The number of anilines is 1. The molecule has 0 bridgehead atoms. The van der Waals surface area contributed by atoms with Gasteiger partial charge in [0.05, 0.1) is 7.11 Å². The maximum absolute atomic E-state index is 14.2. The molecule has 22 heavy (non-hydrogen) atoms. The number of hydrogen-bond donors (Lipinski definition) is 3. The molecule has 0 aromatic heterocycles. The first-order chi connectivity index (χ1) is 10.3. The Morgan fingerprint density at radius 2 is 1.95 bits per heavy atom. The Balaban J connectivity index is 2.63. The maximum atomic E-state index is 14.2. The van der Waals surface area contributed by atoms with Gasteiger partial charge in [-0.25, -0.2) is 9.18 Å². The van der Waals surface area contributed by atoms with Gasteiger partial charge in [-0.1, -0.05) is 0 Å². The van der Waals surface area contributed by atoms with Crippen molar-refractivity contribution < 1.29 is 19.0 Å². The Bertz CT molecular complexity index is 772. The number of ether oxygens (including phenoxy) is 1. The van der Waals surface area contributed by atoms with Gasteiger partial charge in [-0.2, -0.15) is 0 Å². The lowest BCUT2D eigenvalue weighted by Gasteiger charge is -2.13. The Hall–Kier alpha value is -2.89. The summed E-state index contributed by atoms with van der Waals surface area (Å²) in [5.41, 5.74) is 6.82. The monoisotopic (exact) mass is 302 g/mol. The highest BCUT2D eigenvalue weighted by molar-refractivity contribution is 6.42. The highest BCUT2D eigenvalue weighted by Gasteiger charge is 2.17. The third-order valence-corrected chi connectivity index (χ3v) is 3.35. The summed E-state index contributed by atoms with van der Waals surface area (Å²) in [4.78, 5) is 11.0. The molecule has 0 aliphatic rings. The maximum Gasteiger partial charge on any atom is 0.354 e. The topological polar surface area (TPSA) is 96.4 Å². The lowest BCUT2D eigenvalue weighted by Crippen LogP contribution is -2.15. The van der Waals surface area contributed by atoms with E-state index in [0.29, 0.717) is 16.9 Å². The molecule has 0 amide bonds. The Morgan fingerprint density at radius 3 is 2.50 bits per heavy atom.